The van der Waals surface area contributed by atoms with Crippen molar-refractivity contribution in [1.29, 1.82) is 0 Å². The number of halogens is 2. The van der Waals surface area contributed by atoms with Crippen LogP contribution in [0.1, 0.15) is 16.8 Å². The van der Waals surface area contributed by atoms with Crippen LogP contribution in [0, 0.1) is 6.92 Å². The molecule has 106 valence electrons. The van der Waals surface area contributed by atoms with Crippen LogP contribution in [-0.2, 0) is 6.42 Å². The number of rotatable bonds is 3. The number of hydrogen-bond donors (Lipinski definition) is 0. The molecule has 0 amide bonds. The van der Waals surface area contributed by atoms with Crippen molar-refractivity contribution in [2.24, 2.45) is 0 Å². The van der Waals surface area contributed by atoms with E-state index < -0.39 is 0 Å². The van der Waals surface area contributed by atoms with E-state index >= 15 is 0 Å². The summed E-state index contributed by atoms with van der Waals surface area (Å²) in [5.74, 6) is 0. The first-order valence-electron chi connectivity index (χ1n) is 6.66. The van der Waals surface area contributed by atoms with Crippen molar-refractivity contribution in [1.82, 2.24) is 9.55 Å². The van der Waals surface area contributed by atoms with Crippen molar-refractivity contribution in [3.63, 3.8) is 0 Å². The van der Waals surface area contributed by atoms with E-state index in [4.69, 9.17) is 23.2 Å². The minimum Gasteiger partial charge on any atom is -0.306 e. The maximum absolute atomic E-state index is 6.26. The highest BCUT2D eigenvalue weighted by molar-refractivity contribution is 6.31. The van der Waals surface area contributed by atoms with Crippen molar-refractivity contribution in [2.75, 3.05) is 0 Å². The van der Waals surface area contributed by atoms with Crippen LogP contribution in [0.25, 0.3) is 5.69 Å². The van der Waals surface area contributed by atoms with Crippen molar-refractivity contribution in [2.45, 2.75) is 13.3 Å². The number of aryl methyl sites for hydroxylation is 1. The Morgan fingerprint density at radius 2 is 1.86 bits per heavy atom. The zero-order valence-electron chi connectivity index (χ0n) is 11.6. The van der Waals surface area contributed by atoms with Gasteiger partial charge in [-0.05, 0) is 36.2 Å². The van der Waals surface area contributed by atoms with Crippen molar-refractivity contribution in [3.8, 4) is 5.69 Å². The zero-order valence-corrected chi connectivity index (χ0v) is 13.1. The van der Waals surface area contributed by atoms with Crippen LogP contribution in [-0.4, -0.2) is 9.55 Å². The molecule has 0 aliphatic heterocycles. The highest BCUT2D eigenvalue weighted by Crippen LogP contribution is 2.25. The third kappa shape index (κ3) is 3.12. The first-order chi connectivity index (χ1) is 10.1. The second kappa shape index (κ2) is 5.92. The molecule has 1 heterocycles. The Labute approximate surface area is 134 Å². The van der Waals surface area contributed by atoms with Gasteiger partial charge in [0, 0.05) is 22.7 Å². The van der Waals surface area contributed by atoms with Crippen molar-refractivity contribution >= 4 is 23.2 Å². The largest absolute Gasteiger partial charge is 0.306 e. The smallest absolute Gasteiger partial charge is 0.0995 e. The second-order valence-electron chi connectivity index (χ2n) is 4.96. The highest BCUT2D eigenvalue weighted by atomic mass is 35.5. The number of imidazole rings is 1. The number of benzene rings is 2. The highest BCUT2D eigenvalue weighted by Gasteiger charge is 2.09. The lowest BCUT2D eigenvalue weighted by Gasteiger charge is -2.12. The van der Waals surface area contributed by atoms with Crippen molar-refractivity contribution in [3.05, 3.63) is 81.9 Å². The van der Waals surface area contributed by atoms with Gasteiger partial charge in [-0.15, -0.1) is 0 Å². The fraction of sp³-hybridized carbons (Fsp3) is 0.118. The summed E-state index contributed by atoms with van der Waals surface area (Å²) in [5, 5.41) is 1.49. The van der Waals surface area contributed by atoms with Crippen LogP contribution in [0.4, 0.5) is 0 Å². The fourth-order valence-corrected chi connectivity index (χ4v) is 2.70. The molecule has 0 bridgehead atoms. The molecular formula is C17H14Cl2N2. The lowest BCUT2D eigenvalue weighted by Crippen LogP contribution is -1.99. The van der Waals surface area contributed by atoms with Gasteiger partial charge in [0.25, 0.3) is 0 Å². The summed E-state index contributed by atoms with van der Waals surface area (Å²) in [6.45, 7) is 1.97. The predicted octanol–water partition coefficient (Wildman–Crippen LogP) is 5.08. The molecule has 3 aromatic rings. The molecule has 0 saturated carbocycles. The maximum Gasteiger partial charge on any atom is 0.0995 e. The predicted molar refractivity (Wildman–Crippen MR) is 87.6 cm³/mol. The quantitative estimate of drug-likeness (QED) is 0.659. The molecule has 0 aliphatic carbocycles. The second-order valence-corrected chi connectivity index (χ2v) is 5.81. The average Bonchev–Trinajstić information content (AvgIpc) is 2.89. The molecule has 4 heteroatoms. The molecule has 3 rings (SSSR count). The Balaban J connectivity index is 2.05. The average molecular weight is 317 g/mol. The standard InChI is InChI=1S/C17H14Cl2N2/c1-12-10-21(11-20-12)17-9-15(18)7-6-14(17)8-13-4-2-3-5-16(13)19/h2-7,9-11H,8H2,1H3. The Bertz CT molecular complexity index is 778. The zero-order chi connectivity index (χ0) is 14.8. The van der Waals surface area contributed by atoms with Gasteiger partial charge >= 0.3 is 0 Å². The van der Waals surface area contributed by atoms with Crippen LogP contribution in [0.5, 0.6) is 0 Å². The third-order valence-corrected chi connectivity index (χ3v) is 3.98. The summed E-state index contributed by atoms with van der Waals surface area (Å²) in [5.41, 5.74) is 4.26. The molecular weight excluding hydrogens is 303 g/mol. The molecule has 1 aromatic heterocycles. The van der Waals surface area contributed by atoms with E-state index in [0.717, 1.165) is 34.0 Å². The third-order valence-electron chi connectivity index (χ3n) is 3.38. The van der Waals surface area contributed by atoms with Crippen LogP contribution >= 0.6 is 23.2 Å². The van der Waals surface area contributed by atoms with Crippen molar-refractivity contribution < 1.29 is 0 Å². The molecule has 2 nitrogen and oxygen atoms in total. The monoisotopic (exact) mass is 316 g/mol. The Kier molecular flexibility index (Phi) is 4.00. The molecule has 0 radical (unpaired) electrons. The lowest BCUT2D eigenvalue weighted by molar-refractivity contribution is 1.02. The maximum atomic E-state index is 6.26. The van der Waals surface area contributed by atoms with Gasteiger partial charge in [0.2, 0.25) is 0 Å². The van der Waals surface area contributed by atoms with E-state index in [2.05, 4.69) is 4.98 Å². The molecule has 0 fully saturated rings. The van der Waals surface area contributed by atoms with Crippen LogP contribution in [0.3, 0.4) is 0 Å². The minimum absolute atomic E-state index is 0.708. The van der Waals surface area contributed by atoms with Gasteiger partial charge in [-0.1, -0.05) is 47.5 Å². The van der Waals surface area contributed by atoms with E-state index in [1.54, 1.807) is 6.33 Å². The molecule has 21 heavy (non-hydrogen) atoms. The van der Waals surface area contributed by atoms with E-state index in [-0.39, 0.29) is 0 Å². The van der Waals surface area contributed by atoms with Crippen LogP contribution < -0.4 is 0 Å². The summed E-state index contributed by atoms with van der Waals surface area (Å²) in [6, 6.07) is 13.8. The van der Waals surface area contributed by atoms with Gasteiger partial charge in [0.05, 0.1) is 17.7 Å². The van der Waals surface area contributed by atoms with Gasteiger partial charge < -0.3 is 4.57 Å². The van der Waals surface area contributed by atoms with Gasteiger partial charge in [0.15, 0.2) is 0 Å². The Morgan fingerprint density at radius 1 is 1.05 bits per heavy atom. The van der Waals surface area contributed by atoms with E-state index in [9.17, 15) is 0 Å². The molecule has 2 aromatic carbocycles. The number of nitrogens with zero attached hydrogens (tertiary/aromatic N) is 2. The van der Waals surface area contributed by atoms with E-state index in [1.165, 1.54) is 0 Å². The van der Waals surface area contributed by atoms with Gasteiger partial charge in [-0.25, -0.2) is 4.98 Å². The molecule has 0 saturated heterocycles. The Hall–Kier alpha value is -1.77. The number of hydrogen-bond acceptors (Lipinski definition) is 1. The molecule has 0 atom stereocenters. The van der Waals surface area contributed by atoms with Crippen LogP contribution in [0.2, 0.25) is 10.0 Å². The van der Waals surface area contributed by atoms with Gasteiger partial charge in [0.1, 0.15) is 0 Å². The summed E-state index contributed by atoms with van der Waals surface area (Å²) in [4.78, 5) is 4.28. The van der Waals surface area contributed by atoms with E-state index in [0.29, 0.717) is 5.02 Å². The first-order valence-corrected chi connectivity index (χ1v) is 7.42. The topological polar surface area (TPSA) is 17.8 Å². The van der Waals surface area contributed by atoms with Gasteiger partial charge in [-0.3, -0.25) is 0 Å². The molecule has 0 unspecified atom stereocenters. The van der Waals surface area contributed by atoms with Crippen LogP contribution in [0.15, 0.2) is 55.0 Å². The minimum atomic E-state index is 0.708. The SMILES string of the molecule is Cc1cn(-c2cc(Cl)ccc2Cc2ccccc2Cl)cn1. The van der Waals surface area contributed by atoms with Gasteiger partial charge in [-0.2, -0.15) is 0 Å². The summed E-state index contributed by atoms with van der Waals surface area (Å²) in [6.07, 6.45) is 4.54. The summed E-state index contributed by atoms with van der Waals surface area (Å²) in [7, 11) is 0. The molecule has 0 spiro atoms. The lowest BCUT2D eigenvalue weighted by atomic mass is 10.0. The Morgan fingerprint density at radius 3 is 2.57 bits per heavy atom. The first kappa shape index (κ1) is 14.2. The molecule has 0 N–H and O–H groups in total. The van der Waals surface area contributed by atoms with E-state index in [1.807, 2.05) is 60.2 Å². The number of aromatic nitrogens is 2. The normalized spacial score (nSPS) is 10.8. The summed E-state index contributed by atoms with van der Waals surface area (Å²) >= 11 is 12.4. The fourth-order valence-electron chi connectivity index (χ4n) is 2.33. The summed E-state index contributed by atoms with van der Waals surface area (Å²) < 4.78 is 1.99. The molecule has 0 aliphatic rings.